The van der Waals surface area contributed by atoms with Crippen LogP contribution in [0.2, 0.25) is 0 Å². The summed E-state index contributed by atoms with van der Waals surface area (Å²) in [4.78, 5) is 16.5. The molecule has 1 heterocycles. The Morgan fingerprint density at radius 3 is 2.63 bits per heavy atom. The molecule has 0 bridgehead atoms. The van der Waals surface area contributed by atoms with E-state index < -0.39 is 0 Å². The molecule has 0 aromatic carbocycles. The highest BCUT2D eigenvalue weighted by Gasteiger charge is 2.15. The van der Waals surface area contributed by atoms with Crippen LogP contribution in [0.15, 0.2) is 11.1 Å². The summed E-state index contributed by atoms with van der Waals surface area (Å²) in [6.45, 7) is 8.70. The fourth-order valence-corrected chi connectivity index (χ4v) is 3.35. The molecule has 0 atom stereocenters. The number of carbonyl (C=O) groups excluding carboxylic acids is 1. The third-order valence-electron chi connectivity index (χ3n) is 4.64. The summed E-state index contributed by atoms with van der Waals surface area (Å²) in [5, 5.41) is 14.1. The van der Waals surface area contributed by atoms with E-state index >= 15 is 0 Å². The maximum absolute atomic E-state index is 12.1. The van der Waals surface area contributed by atoms with Gasteiger partial charge in [-0.25, -0.2) is 4.99 Å². The van der Waals surface area contributed by atoms with Gasteiger partial charge in [-0.3, -0.25) is 9.48 Å². The first-order valence-electron chi connectivity index (χ1n) is 9.91. The minimum atomic E-state index is 0. The van der Waals surface area contributed by atoms with Gasteiger partial charge in [-0.1, -0.05) is 19.3 Å². The summed E-state index contributed by atoms with van der Waals surface area (Å²) in [6.07, 6.45) is 6.86. The Morgan fingerprint density at radius 1 is 1.26 bits per heavy atom. The number of aromatic nitrogens is 2. The maximum atomic E-state index is 12.1. The average Bonchev–Trinajstić information content (AvgIpc) is 2.94. The first kappa shape index (κ1) is 23.7. The summed E-state index contributed by atoms with van der Waals surface area (Å²) >= 11 is 0. The van der Waals surface area contributed by atoms with Gasteiger partial charge in [0.15, 0.2) is 5.96 Å². The molecule has 8 heteroatoms. The Kier molecular flexibility index (Phi) is 11.4. The van der Waals surface area contributed by atoms with Crippen LogP contribution in [0.4, 0.5) is 0 Å². The molecule has 0 unspecified atom stereocenters. The topological polar surface area (TPSA) is 83.3 Å². The van der Waals surface area contributed by atoms with Crippen molar-refractivity contribution in [3.8, 4) is 0 Å². The number of aliphatic imine (C=N–C) groups is 1. The van der Waals surface area contributed by atoms with Crippen LogP contribution >= 0.6 is 24.0 Å². The van der Waals surface area contributed by atoms with Crippen molar-refractivity contribution < 1.29 is 4.79 Å². The molecule has 154 valence electrons. The van der Waals surface area contributed by atoms with Crippen molar-refractivity contribution in [2.75, 3.05) is 19.6 Å². The van der Waals surface area contributed by atoms with Gasteiger partial charge < -0.3 is 16.0 Å². The number of aryl methyl sites for hydroxylation is 3. The van der Waals surface area contributed by atoms with Crippen LogP contribution in [-0.2, 0) is 11.3 Å². The van der Waals surface area contributed by atoms with Crippen molar-refractivity contribution in [2.24, 2.45) is 4.99 Å². The molecule has 0 aliphatic heterocycles. The standard InChI is InChI=1S/C19H34N6O.HI/c1-4-20-19(21-11-8-12-25-16(3)13-15(2)24-25)22-14-18(26)23-17-9-6-5-7-10-17;/h13,17H,4-12,14H2,1-3H3,(H,23,26)(H2,20,21,22);1H. The van der Waals surface area contributed by atoms with Crippen molar-refractivity contribution in [1.29, 1.82) is 0 Å². The zero-order valence-corrected chi connectivity index (χ0v) is 19.2. The van der Waals surface area contributed by atoms with Gasteiger partial charge in [0, 0.05) is 31.4 Å². The van der Waals surface area contributed by atoms with Crippen molar-refractivity contribution >= 4 is 35.8 Å². The van der Waals surface area contributed by atoms with E-state index in [1.807, 2.05) is 18.5 Å². The van der Waals surface area contributed by atoms with Crippen molar-refractivity contribution in [3.05, 3.63) is 17.5 Å². The van der Waals surface area contributed by atoms with Gasteiger partial charge in [-0.15, -0.1) is 24.0 Å². The predicted octanol–water partition coefficient (Wildman–Crippen LogP) is 2.51. The van der Waals surface area contributed by atoms with Crippen molar-refractivity contribution in [2.45, 2.75) is 71.9 Å². The lowest BCUT2D eigenvalue weighted by molar-refractivity contribution is -0.120. The predicted molar refractivity (Wildman–Crippen MR) is 121 cm³/mol. The number of hydrogen-bond donors (Lipinski definition) is 3. The first-order chi connectivity index (χ1) is 12.6. The second kappa shape index (κ2) is 13.0. The Bertz CT molecular complexity index is 595. The molecule has 27 heavy (non-hydrogen) atoms. The molecule has 7 nitrogen and oxygen atoms in total. The zero-order valence-electron chi connectivity index (χ0n) is 16.9. The minimum Gasteiger partial charge on any atom is -0.357 e. The summed E-state index contributed by atoms with van der Waals surface area (Å²) in [5.41, 5.74) is 2.23. The van der Waals surface area contributed by atoms with Gasteiger partial charge in [-0.05, 0) is 46.1 Å². The van der Waals surface area contributed by atoms with Gasteiger partial charge in [0.2, 0.25) is 5.91 Å². The first-order valence-corrected chi connectivity index (χ1v) is 9.91. The van der Waals surface area contributed by atoms with Gasteiger partial charge in [-0.2, -0.15) is 5.10 Å². The number of hydrogen-bond acceptors (Lipinski definition) is 3. The molecule has 0 saturated heterocycles. The summed E-state index contributed by atoms with van der Waals surface area (Å²) in [7, 11) is 0. The summed E-state index contributed by atoms with van der Waals surface area (Å²) in [5.74, 6) is 0.705. The third kappa shape index (κ3) is 8.94. The second-order valence-electron chi connectivity index (χ2n) is 7.03. The molecule has 1 fully saturated rings. The van der Waals surface area contributed by atoms with Crippen molar-refractivity contribution in [3.63, 3.8) is 0 Å². The molecule has 1 aliphatic carbocycles. The van der Waals surface area contributed by atoms with E-state index in [0.29, 0.717) is 12.0 Å². The summed E-state index contributed by atoms with van der Waals surface area (Å²) in [6, 6.07) is 2.42. The Balaban J connectivity index is 0.00000364. The Morgan fingerprint density at radius 2 is 2.00 bits per heavy atom. The molecule has 0 radical (unpaired) electrons. The van der Waals surface area contributed by atoms with Gasteiger partial charge in [0.25, 0.3) is 0 Å². The largest absolute Gasteiger partial charge is 0.357 e. The zero-order chi connectivity index (χ0) is 18.8. The lowest BCUT2D eigenvalue weighted by Gasteiger charge is -2.22. The van der Waals surface area contributed by atoms with Gasteiger partial charge in [0.05, 0.1) is 5.69 Å². The molecule has 3 N–H and O–H groups in total. The van der Waals surface area contributed by atoms with Crippen LogP contribution in [0, 0.1) is 13.8 Å². The Hall–Kier alpha value is -1.32. The van der Waals surface area contributed by atoms with E-state index in [1.165, 1.54) is 25.0 Å². The van der Waals surface area contributed by atoms with Gasteiger partial charge >= 0.3 is 0 Å². The monoisotopic (exact) mass is 490 g/mol. The molecule has 1 aromatic heterocycles. The summed E-state index contributed by atoms with van der Waals surface area (Å²) < 4.78 is 2.03. The smallest absolute Gasteiger partial charge is 0.242 e. The van der Waals surface area contributed by atoms with E-state index in [4.69, 9.17) is 0 Å². The average molecular weight is 490 g/mol. The van der Waals surface area contributed by atoms with Crippen LogP contribution in [-0.4, -0.2) is 47.3 Å². The SMILES string of the molecule is CCNC(=NCC(=O)NC1CCCCC1)NCCCn1nc(C)cc1C.I. The van der Waals surface area contributed by atoms with Crippen molar-refractivity contribution in [1.82, 2.24) is 25.7 Å². The van der Waals surface area contributed by atoms with E-state index in [2.05, 4.69) is 39.0 Å². The molecule has 1 saturated carbocycles. The second-order valence-corrected chi connectivity index (χ2v) is 7.03. The minimum absolute atomic E-state index is 0. The number of guanidine groups is 1. The normalized spacial score (nSPS) is 15.1. The highest BCUT2D eigenvalue weighted by Crippen LogP contribution is 2.17. The van der Waals surface area contributed by atoms with Gasteiger partial charge in [0.1, 0.15) is 6.54 Å². The molecule has 1 aliphatic rings. The number of carbonyl (C=O) groups is 1. The number of nitrogens with zero attached hydrogens (tertiary/aromatic N) is 3. The molecule has 1 aromatic rings. The molecule has 2 rings (SSSR count). The third-order valence-corrected chi connectivity index (χ3v) is 4.64. The molecule has 1 amide bonds. The highest BCUT2D eigenvalue weighted by molar-refractivity contribution is 14.0. The number of nitrogens with one attached hydrogen (secondary N) is 3. The van der Waals surface area contributed by atoms with Crippen LogP contribution in [0.3, 0.4) is 0 Å². The van der Waals surface area contributed by atoms with E-state index in [0.717, 1.165) is 44.6 Å². The van der Waals surface area contributed by atoms with Crippen LogP contribution in [0.25, 0.3) is 0 Å². The van der Waals surface area contributed by atoms with E-state index in [-0.39, 0.29) is 36.4 Å². The lowest BCUT2D eigenvalue weighted by Crippen LogP contribution is -2.41. The quantitative estimate of drug-likeness (QED) is 0.226. The highest BCUT2D eigenvalue weighted by atomic mass is 127. The van der Waals surface area contributed by atoms with Crippen LogP contribution in [0.5, 0.6) is 0 Å². The van der Waals surface area contributed by atoms with Crippen LogP contribution < -0.4 is 16.0 Å². The number of rotatable bonds is 8. The fourth-order valence-electron chi connectivity index (χ4n) is 3.35. The Labute approximate surface area is 180 Å². The molecular weight excluding hydrogens is 455 g/mol. The molecular formula is C19H35IN6O. The number of halogens is 1. The van der Waals surface area contributed by atoms with E-state index in [1.54, 1.807) is 0 Å². The number of amides is 1. The van der Waals surface area contributed by atoms with Crippen LogP contribution in [0.1, 0.15) is 56.8 Å². The van der Waals surface area contributed by atoms with E-state index in [9.17, 15) is 4.79 Å². The molecule has 0 spiro atoms. The lowest BCUT2D eigenvalue weighted by atomic mass is 9.95. The maximum Gasteiger partial charge on any atom is 0.242 e. The fraction of sp³-hybridized carbons (Fsp3) is 0.737.